The number of hydrogen-bond acceptors (Lipinski definition) is 4. The zero-order valence-corrected chi connectivity index (χ0v) is 20.3. The van der Waals surface area contributed by atoms with Gasteiger partial charge in [-0.3, -0.25) is 0 Å². The number of rotatable bonds is 4. The molecule has 3 nitrogen and oxygen atoms in total. The van der Waals surface area contributed by atoms with Gasteiger partial charge in [0.15, 0.2) is 0 Å². The highest BCUT2D eigenvalue weighted by Crippen LogP contribution is 2.58. The number of aromatic amines is 1. The topological polar surface area (TPSA) is 34.2 Å². The number of benzene rings is 4. The minimum atomic E-state index is -0.711. The Labute approximate surface area is 212 Å². The van der Waals surface area contributed by atoms with Gasteiger partial charge in [0, 0.05) is 11.1 Å². The highest BCUT2D eigenvalue weighted by molar-refractivity contribution is 8.01. The van der Waals surface area contributed by atoms with E-state index in [2.05, 4.69) is 89.9 Å². The van der Waals surface area contributed by atoms with Crippen molar-refractivity contribution in [2.75, 3.05) is 0 Å². The molecule has 170 valence electrons. The summed E-state index contributed by atoms with van der Waals surface area (Å²) in [6.07, 6.45) is 0. The molecule has 0 bridgehead atoms. The maximum Gasteiger partial charge on any atom is 0.225 e. The summed E-state index contributed by atoms with van der Waals surface area (Å²) >= 11 is 3.45. The van der Waals surface area contributed by atoms with E-state index in [1.54, 1.807) is 23.5 Å². The van der Waals surface area contributed by atoms with Gasteiger partial charge in [-0.15, -0.1) is 0 Å². The lowest BCUT2D eigenvalue weighted by Gasteiger charge is -2.29. The molecule has 2 atom stereocenters. The molecule has 0 fully saturated rings. The van der Waals surface area contributed by atoms with Crippen LogP contribution in [-0.4, -0.2) is 4.98 Å². The summed E-state index contributed by atoms with van der Waals surface area (Å²) in [5, 5.41) is 0. The fourth-order valence-electron chi connectivity index (χ4n) is 4.76. The third kappa shape index (κ3) is 3.23. The first-order chi connectivity index (χ1) is 17.3. The number of nitrogens with one attached hydrogen (secondary N) is 1. The Morgan fingerprint density at radius 2 is 0.857 bits per heavy atom. The van der Waals surface area contributed by atoms with Crippen molar-refractivity contribution in [3.8, 4) is 11.5 Å². The summed E-state index contributed by atoms with van der Waals surface area (Å²) in [6.45, 7) is 0. The Bertz CT molecular complexity index is 1350. The lowest BCUT2D eigenvalue weighted by atomic mass is 10.1. The van der Waals surface area contributed by atoms with Crippen LogP contribution < -0.4 is 9.47 Å². The number of hydrogen-bond donors (Lipinski definition) is 1. The summed E-state index contributed by atoms with van der Waals surface area (Å²) < 4.78 is 13.5. The molecule has 0 aliphatic carbocycles. The molecule has 5 aromatic rings. The fourth-order valence-corrected chi connectivity index (χ4v) is 7.32. The van der Waals surface area contributed by atoms with Gasteiger partial charge in [-0.05, 0) is 36.4 Å². The molecule has 2 aliphatic rings. The van der Waals surface area contributed by atoms with Crippen molar-refractivity contribution in [2.45, 2.75) is 19.7 Å². The average molecular weight is 492 g/mol. The maximum atomic E-state index is 6.73. The Balaban J connectivity index is 1.38. The molecule has 35 heavy (non-hydrogen) atoms. The molecule has 0 saturated carbocycles. The highest BCUT2D eigenvalue weighted by Gasteiger charge is 2.49. The number of aromatic nitrogens is 1. The summed E-state index contributed by atoms with van der Waals surface area (Å²) in [7, 11) is 0. The first-order valence-electron chi connectivity index (χ1n) is 11.5. The van der Waals surface area contributed by atoms with Gasteiger partial charge in [0.25, 0.3) is 0 Å². The van der Waals surface area contributed by atoms with E-state index in [0.29, 0.717) is 0 Å². The number of thioether (sulfide) groups is 2. The van der Waals surface area contributed by atoms with E-state index in [0.717, 1.165) is 43.8 Å². The van der Waals surface area contributed by atoms with Gasteiger partial charge in [-0.25, -0.2) is 0 Å². The standard InChI is InChI=1S/C30H21NO2S2/c1-3-11-21(12-4-1)29(32-23-15-7-9-17-25(23)34-29)27-19-20-28(31-27)30(22-13-5-2-6-14-22)33-24-16-8-10-18-26(24)35-30/h1-20,31H/t29-,30+. The predicted octanol–water partition coefficient (Wildman–Crippen LogP) is 7.79. The zero-order chi connectivity index (χ0) is 23.3. The predicted molar refractivity (Wildman–Crippen MR) is 141 cm³/mol. The fraction of sp³-hybridized carbons (Fsp3) is 0.0667. The van der Waals surface area contributed by atoms with Gasteiger partial charge in [0.2, 0.25) is 9.87 Å². The van der Waals surface area contributed by atoms with Crippen molar-refractivity contribution in [1.82, 2.24) is 4.98 Å². The van der Waals surface area contributed by atoms with Crippen molar-refractivity contribution in [3.63, 3.8) is 0 Å². The second-order valence-corrected chi connectivity index (χ2v) is 11.0. The first kappa shape index (κ1) is 20.8. The van der Waals surface area contributed by atoms with Crippen molar-refractivity contribution < 1.29 is 9.47 Å². The van der Waals surface area contributed by atoms with Gasteiger partial charge in [0.05, 0.1) is 21.2 Å². The molecular formula is C30H21NO2S2. The van der Waals surface area contributed by atoms with Crippen LogP contribution in [0.2, 0.25) is 0 Å². The summed E-state index contributed by atoms with van der Waals surface area (Å²) in [5.74, 6) is 1.79. The Morgan fingerprint density at radius 3 is 1.29 bits per heavy atom. The molecule has 7 rings (SSSR count). The minimum Gasteiger partial charge on any atom is -0.465 e. The number of ether oxygens (including phenoxy) is 2. The van der Waals surface area contributed by atoms with Crippen LogP contribution in [0.15, 0.2) is 131 Å². The molecule has 0 amide bonds. The van der Waals surface area contributed by atoms with Crippen LogP contribution >= 0.6 is 23.5 Å². The van der Waals surface area contributed by atoms with Gasteiger partial charge < -0.3 is 14.5 Å². The van der Waals surface area contributed by atoms with Gasteiger partial charge in [-0.2, -0.15) is 0 Å². The van der Waals surface area contributed by atoms with E-state index in [1.165, 1.54) is 0 Å². The van der Waals surface area contributed by atoms with E-state index in [4.69, 9.17) is 9.47 Å². The van der Waals surface area contributed by atoms with E-state index in [9.17, 15) is 0 Å². The largest absolute Gasteiger partial charge is 0.465 e. The van der Waals surface area contributed by atoms with Crippen molar-refractivity contribution in [1.29, 1.82) is 0 Å². The van der Waals surface area contributed by atoms with Gasteiger partial charge in [-0.1, -0.05) is 108 Å². The van der Waals surface area contributed by atoms with E-state index >= 15 is 0 Å². The smallest absolute Gasteiger partial charge is 0.225 e. The summed E-state index contributed by atoms with van der Waals surface area (Å²) in [4.78, 5) is 4.59. The number of para-hydroxylation sites is 2. The molecule has 3 heterocycles. The summed E-state index contributed by atoms with van der Waals surface area (Å²) in [5.41, 5.74) is 4.14. The normalized spacial score (nSPS) is 22.2. The highest BCUT2D eigenvalue weighted by atomic mass is 32.2. The molecule has 2 aliphatic heterocycles. The monoisotopic (exact) mass is 491 g/mol. The maximum absolute atomic E-state index is 6.73. The quantitative estimate of drug-likeness (QED) is 0.278. The Kier molecular flexibility index (Phi) is 4.76. The molecule has 5 heteroatoms. The van der Waals surface area contributed by atoms with Crippen LogP contribution in [0.3, 0.4) is 0 Å². The average Bonchev–Trinajstić information content (AvgIpc) is 3.66. The lowest BCUT2D eigenvalue weighted by molar-refractivity contribution is 0.204. The number of H-pyrrole nitrogens is 1. The molecule has 0 unspecified atom stereocenters. The van der Waals surface area contributed by atoms with Crippen LogP contribution in [-0.2, 0) is 9.87 Å². The lowest BCUT2D eigenvalue weighted by Crippen LogP contribution is -2.30. The minimum absolute atomic E-state index is 0.711. The molecule has 4 aromatic carbocycles. The SMILES string of the molecule is c1ccc([C@]2(c3ccc([C@]4(c5ccccc5)Oc5ccccc5S4)[nH]3)Oc3ccccc3S2)cc1. The first-order valence-corrected chi connectivity index (χ1v) is 13.2. The molecule has 0 saturated heterocycles. The van der Waals surface area contributed by atoms with Crippen molar-refractivity contribution in [3.05, 3.63) is 144 Å². The molecular weight excluding hydrogens is 470 g/mol. The summed E-state index contributed by atoms with van der Waals surface area (Å²) in [6, 6.07) is 41.6. The van der Waals surface area contributed by atoms with Crippen molar-refractivity contribution >= 4 is 23.5 Å². The van der Waals surface area contributed by atoms with Gasteiger partial charge in [0.1, 0.15) is 11.5 Å². The van der Waals surface area contributed by atoms with E-state index in [-0.39, 0.29) is 0 Å². The van der Waals surface area contributed by atoms with Crippen LogP contribution in [0.5, 0.6) is 11.5 Å². The van der Waals surface area contributed by atoms with Crippen LogP contribution in [0.1, 0.15) is 22.5 Å². The second-order valence-electron chi connectivity index (χ2n) is 8.55. The van der Waals surface area contributed by atoms with Crippen LogP contribution in [0, 0.1) is 0 Å². The third-order valence-electron chi connectivity index (χ3n) is 6.42. The third-order valence-corrected chi connectivity index (χ3v) is 9.18. The van der Waals surface area contributed by atoms with Crippen LogP contribution in [0.25, 0.3) is 0 Å². The molecule has 1 aromatic heterocycles. The molecule has 0 spiro atoms. The van der Waals surface area contributed by atoms with Crippen molar-refractivity contribution in [2.24, 2.45) is 0 Å². The zero-order valence-electron chi connectivity index (χ0n) is 18.7. The van der Waals surface area contributed by atoms with Gasteiger partial charge >= 0.3 is 0 Å². The number of fused-ring (bicyclic) bond motifs is 2. The molecule has 1 N–H and O–H groups in total. The molecule has 0 radical (unpaired) electrons. The van der Waals surface area contributed by atoms with Crippen LogP contribution in [0.4, 0.5) is 0 Å². The van der Waals surface area contributed by atoms with E-state index < -0.39 is 9.87 Å². The Hall–Kier alpha value is -3.54. The van der Waals surface area contributed by atoms with E-state index in [1.807, 2.05) is 36.4 Å². The Morgan fingerprint density at radius 1 is 0.457 bits per heavy atom. The second kappa shape index (κ2) is 8.01.